The average Bonchev–Trinajstić information content (AvgIpc) is 2.80. The Bertz CT molecular complexity index is 1130. The number of ether oxygens (including phenoxy) is 2. The van der Waals surface area contributed by atoms with E-state index in [-0.39, 0.29) is 0 Å². The van der Waals surface area contributed by atoms with Crippen molar-refractivity contribution in [3.8, 4) is 11.8 Å². The fraction of sp³-hybridized carbons (Fsp3) is 0.217. The van der Waals surface area contributed by atoms with Crippen LogP contribution in [0.1, 0.15) is 11.1 Å². The largest absolute Gasteiger partial charge is 0.424 e. The Kier molecular flexibility index (Phi) is 5.18. The standard InChI is InChI=1S/C23H21N5O2/c1-2-6-19(7-3-1)30-23-26-20-14-18(13-17-5-4-8-24-15-17)16-25-21(20)22(27-23)28-9-11-29-12-10-28/h1-8,14-16H,9-13H2. The molecule has 0 amide bonds. The summed E-state index contributed by atoms with van der Waals surface area (Å²) in [6, 6.07) is 15.9. The molecular formula is C23H21N5O2. The Balaban J connectivity index is 1.55. The first-order valence-electron chi connectivity index (χ1n) is 9.96. The smallest absolute Gasteiger partial charge is 0.324 e. The molecule has 0 bridgehead atoms. The van der Waals surface area contributed by atoms with E-state index in [0.29, 0.717) is 25.0 Å². The lowest BCUT2D eigenvalue weighted by Gasteiger charge is -2.28. The number of aromatic nitrogens is 4. The van der Waals surface area contributed by atoms with Crippen molar-refractivity contribution in [1.82, 2.24) is 19.9 Å². The highest BCUT2D eigenvalue weighted by molar-refractivity contribution is 5.86. The van der Waals surface area contributed by atoms with Crippen molar-refractivity contribution < 1.29 is 9.47 Å². The van der Waals surface area contributed by atoms with Gasteiger partial charge >= 0.3 is 6.01 Å². The first-order chi connectivity index (χ1) is 14.8. The van der Waals surface area contributed by atoms with Crippen molar-refractivity contribution in [2.45, 2.75) is 6.42 Å². The summed E-state index contributed by atoms with van der Waals surface area (Å²) >= 11 is 0. The molecule has 7 heteroatoms. The molecule has 1 fully saturated rings. The van der Waals surface area contributed by atoms with Crippen LogP contribution in [0, 0.1) is 0 Å². The van der Waals surface area contributed by atoms with Gasteiger partial charge in [0.2, 0.25) is 0 Å². The van der Waals surface area contributed by atoms with E-state index in [4.69, 9.17) is 19.4 Å². The molecule has 0 radical (unpaired) electrons. The number of benzene rings is 1. The number of anilines is 1. The average molecular weight is 399 g/mol. The highest BCUT2D eigenvalue weighted by Gasteiger charge is 2.19. The van der Waals surface area contributed by atoms with E-state index >= 15 is 0 Å². The molecule has 4 heterocycles. The van der Waals surface area contributed by atoms with Gasteiger partial charge in [0.25, 0.3) is 0 Å². The summed E-state index contributed by atoms with van der Waals surface area (Å²) in [5.74, 6) is 1.48. The summed E-state index contributed by atoms with van der Waals surface area (Å²) in [7, 11) is 0. The number of nitrogens with zero attached hydrogens (tertiary/aromatic N) is 5. The van der Waals surface area contributed by atoms with Gasteiger partial charge in [0.1, 0.15) is 11.3 Å². The number of hydrogen-bond donors (Lipinski definition) is 0. The van der Waals surface area contributed by atoms with E-state index in [9.17, 15) is 0 Å². The molecule has 1 saturated heterocycles. The second-order valence-corrected chi connectivity index (χ2v) is 7.09. The second kappa shape index (κ2) is 8.42. The van der Waals surface area contributed by atoms with Crippen LogP contribution in [0.5, 0.6) is 11.8 Å². The Morgan fingerprint density at radius 2 is 1.80 bits per heavy atom. The van der Waals surface area contributed by atoms with Crippen LogP contribution in [0.2, 0.25) is 0 Å². The van der Waals surface area contributed by atoms with E-state index in [2.05, 4.69) is 27.0 Å². The van der Waals surface area contributed by atoms with Crippen LogP contribution in [-0.4, -0.2) is 46.2 Å². The molecular weight excluding hydrogens is 378 g/mol. The number of para-hydroxylation sites is 1. The highest BCUT2D eigenvalue weighted by Crippen LogP contribution is 2.28. The van der Waals surface area contributed by atoms with E-state index in [0.717, 1.165) is 47.5 Å². The van der Waals surface area contributed by atoms with Crippen molar-refractivity contribution in [2.24, 2.45) is 0 Å². The van der Waals surface area contributed by atoms with Crippen LogP contribution in [0.25, 0.3) is 11.0 Å². The summed E-state index contributed by atoms with van der Waals surface area (Å²) < 4.78 is 11.5. The summed E-state index contributed by atoms with van der Waals surface area (Å²) in [6.45, 7) is 2.85. The van der Waals surface area contributed by atoms with Gasteiger partial charge in [0.15, 0.2) is 5.82 Å². The summed E-state index contributed by atoms with van der Waals surface area (Å²) in [5, 5.41) is 0. The van der Waals surface area contributed by atoms with Crippen LogP contribution < -0.4 is 9.64 Å². The number of rotatable bonds is 5. The molecule has 0 unspecified atom stereocenters. The molecule has 30 heavy (non-hydrogen) atoms. The summed E-state index contributed by atoms with van der Waals surface area (Å²) in [6.07, 6.45) is 6.27. The molecule has 4 aromatic rings. The maximum Gasteiger partial charge on any atom is 0.324 e. The maximum atomic E-state index is 5.96. The number of pyridine rings is 2. The Morgan fingerprint density at radius 3 is 2.60 bits per heavy atom. The first kappa shape index (κ1) is 18.4. The topological polar surface area (TPSA) is 73.3 Å². The molecule has 1 aliphatic heterocycles. The zero-order chi connectivity index (χ0) is 20.2. The third-order valence-electron chi connectivity index (χ3n) is 4.95. The first-order valence-corrected chi connectivity index (χ1v) is 9.96. The Labute approximate surface area is 174 Å². The normalized spacial score (nSPS) is 14.1. The lowest BCUT2D eigenvalue weighted by Crippen LogP contribution is -2.37. The minimum absolute atomic E-state index is 0.315. The number of hydrogen-bond acceptors (Lipinski definition) is 7. The van der Waals surface area contributed by atoms with E-state index < -0.39 is 0 Å². The van der Waals surface area contributed by atoms with Gasteiger partial charge in [0, 0.05) is 38.1 Å². The zero-order valence-electron chi connectivity index (χ0n) is 16.4. The van der Waals surface area contributed by atoms with Crippen LogP contribution in [-0.2, 0) is 11.2 Å². The molecule has 150 valence electrons. The minimum atomic E-state index is 0.315. The third-order valence-corrected chi connectivity index (χ3v) is 4.95. The third kappa shape index (κ3) is 4.06. The summed E-state index contributed by atoms with van der Waals surface area (Å²) in [5.41, 5.74) is 3.72. The monoisotopic (exact) mass is 399 g/mol. The van der Waals surface area contributed by atoms with E-state index in [1.54, 1.807) is 6.20 Å². The SMILES string of the molecule is c1ccc(Oc2nc(N3CCOCC3)c3ncc(Cc4cccnc4)cc3n2)cc1. The van der Waals surface area contributed by atoms with Crippen molar-refractivity contribution >= 4 is 16.9 Å². The predicted octanol–water partition coefficient (Wildman–Crippen LogP) is 3.64. The van der Waals surface area contributed by atoms with Gasteiger partial charge in [-0.2, -0.15) is 9.97 Å². The van der Waals surface area contributed by atoms with Crippen molar-refractivity contribution in [2.75, 3.05) is 31.2 Å². The molecule has 0 spiro atoms. The predicted molar refractivity (Wildman–Crippen MR) is 114 cm³/mol. The van der Waals surface area contributed by atoms with Crippen molar-refractivity contribution in [3.63, 3.8) is 0 Å². The molecule has 0 aliphatic carbocycles. The molecule has 7 nitrogen and oxygen atoms in total. The second-order valence-electron chi connectivity index (χ2n) is 7.09. The van der Waals surface area contributed by atoms with Crippen LogP contribution >= 0.6 is 0 Å². The Hall–Kier alpha value is -3.58. The Morgan fingerprint density at radius 1 is 0.933 bits per heavy atom. The number of fused-ring (bicyclic) bond motifs is 1. The van der Waals surface area contributed by atoms with E-state index in [1.165, 1.54) is 0 Å². The summed E-state index contributed by atoms with van der Waals surface area (Å²) in [4.78, 5) is 20.4. The van der Waals surface area contributed by atoms with Gasteiger partial charge in [-0.25, -0.2) is 0 Å². The quantitative estimate of drug-likeness (QED) is 0.507. The number of morpholine rings is 1. The van der Waals surface area contributed by atoms with E-state index in [1.807, 2.05) is 48.8 Å². The molecule has 5 rings (SSSR count). The van der Waals surface area contributed by atoms with Gasteiger partial charge in [0.05, 0.1) is 18.7 Å². The zero-order valence-corrected chi connectivity index (χ0v) is 16.4. The van der Waals surface area contributed by atoms with Gasteiger partial charge < -0.3 is 14.4 Å². The lowest BCUT2D eigenvalue weighted by molar-refractivity contribution is 0.122. The van der Waals surface area contributed by atoms with Gasteiger partial charge in [-0.05, 0) is 35.4 Å². The van der Waals surface area contributed by atoms with Gasteiger partial charge in [-0.3, -0.25) is 9.97 Å². The molecule has 0 atom stereocenters. The van der Waals surface area contributed by atoms with Crippen molar-refractivity contribution in [1.29, 1.82) is 0 Å². The molecule has 0 saturated carbocycles. The molecule has 3 aromatic heterocycles. The van der Waals surface area contributed by atoms with Crippen molar-refractivity contribution in [3.05, 3.63) is 78.2 Å². The maximum absolute atomic E-state index is 5.96. The van der Waals surface area contributed by atoms with Crippen LogP contribution in [0.3, 0.4) is 0 Å². The minimum Gasteiger partial charge on any atom is -0.424 e. The van der Waals surface area contributed by atoms with Crippen LogP contribution in [0.4, 0.5) is 5.82 Å². The highest BCUT2D eigenvalue weighted by atomic mass is 16.5. The molecule has 1 aromatic carbocycles. The van der Waals surface area contributed by atoms with Gasteiger partial charge in [-0.15, -0.1) is 0 Å². The van der Waals surface area contributed by atoms with Crippen LogP contribution in [0.15, 0.2) is 67.1 Å². The molecule has 1 aliphatic rings. The molecule has 0 N–H and O–H groups in total. The van der Waals surface area contributed by atoms with Gasteiger partial charge in [-0.1, -0.05) is 24.3 Å². The fourth-order valence-electron chi connectivity index (χ4n) is 3.49. The lowest BCUT2D eigenvalue weighted by atomic mass is 10.1. The fourth-order valence-corrected chi connectivity index (χ4v) is 3.49.